The summed E-state index contributed by atoms with van der Waals surface area (Å²) >= 11 is 3.59. The zero-order valence-corrected chi connectivity index (χ0v) is 16.2. The lowest BCUT2D eigenvalue weighted by atomic mass is 9.76. The Morgan fingerprint density at radius 2 is 1.68 bits per heavy atom. The highest BCUT2D eigenvalue weighted by molar-refractivity contribution is 9.10. The third kappa shape index (κ3) is 3.06. The molecule has 2 aliphatic rings. The van der Waals surface area contributed by atoms with Gasteiger partial charge in [0.2, 0.25) is 0 Å². The number of hydrogen-bond donors (Lipinski definition) is 0. The summed E-state index contributed by atoms with van der Waals surface area (Å²) in [6, 6.07) is 12.7. The Labute approximate surface area is 157 Å². The van der Waals surface area contributed by atoms with Crippen molar-refractivity contribution in [3.05, 3.63) is 57.6 Å². The fourth-order valence-electron chi connectivity index (χ4n) is 4.25. The maximum atomic E-state index is 6.61. The van der Waals surface area contributed by atoms with Crippen LogP contribution < -0.4 is 9.47 Å². The van der Waals surface area contributed by atoms with Crippen molar-refractivity contribution in [1.82, 2.24) is 0 Å². The Balaban J connectivity index is 1.87. The molecule has 132 valence electrons. The first-order valence-electron chi connectivity index (χ1n) is 8.88. The first kappa shape index (κ1) is 16.9. The summed E-state index contributed by atoms with van der Waals surface area (Å²) in [4.78, 5) is 0. The van der Waals surface area contributed by atoms with Crippen molar-refractivity contribution in [2.24, 2.45) is 0 Å². The van der Waals surface area contributed by atoms with E-state index >= 15 is 0 Å². The van der Waals surface area contributed by atoms with E-state index in [1.54, 1.807) is 14.2 Å². The molecule has 3 atom stereocenters. The highest BCUT2D eigenvalue weighted by atomic mass is 79.9. The summed E-state index contributed by atoms with van der Waals surface area (Å²) in [5.74, 6) is 2.02. The number of halogens is 1. The minimum Gasteiger partial charge on any atom is -0.493 e. The van der Waals surface area contributed by atoms with Gasteiger partial charge >= 0.3 is 0 Å². The van der Waals surface area contributed by atoms with Crippen LogP contribution in [0.5, 0.6) is 11.5 Å². The van der Waals surface area contributed by atoms with Crippen molar-refractivity contribution >= 4 is 15.9 Å². The van der Waals surface area contributed by atoms with E-state index in [2.05, 4.69) is 46.3 Å². The van der Waals surface area contributed by atoms with Crippen LogP contribution in [0.25, 0.3) is 0 Å². The van der Waals surface area contributed by atoms with Crippen molar-refractivity contribution in [2.45, 2.75) is 43.8 Å². The van der Waals surface area contributed by atoms with Crippen molar-refractivity contribution in [3.8, 4) is 11.5 Å². The minimum atomic E-state index is -0.0633. The molecule has 1 fully saturated rings. The quantitative estimate of drug-likeness (QED) is 0.667. The lowest BCUT2D eigenvalue weighted by Gasteiger charge is -2.41. The first-order valence-corrected chi connectivity index (χ1v) is 9.67. The van der Waals surface area contributed by atoms with E-state index in [0.29, 0.717) is 5.92 Å². The molecule has 1 aliphatic carbocycles. The van der Waals surface area contributed by atoms with Gasteiger partial charge in [0.15, 0.2) is 11.5 Å². The largest absolute Gasteiger partial charge is 0.493 e. The standard InChI is InChI=1S/C21H23BrO3/c1-23-19-11-16-15-8-3-4-9-18(15)25-21(17(16)12-20(19)24-2)13-6-5-7-14(22)10-13/h5-7,10-12,15,18,21H,3-4,8-9H2,1-2H3/t15-,18-,21-/m1/s1. The maximum Gasteiger partial charge on any atom is 0.161 e. The van der Waals surface area contributed by atoms with E-state index in [9.17, 15) is 0 Å². The van der Waals surface area contributed by atoms with E-state index in [0.717, 1.165) is 22.4 Å². The van der Waals surface area contributed by atoms with Crippen molar-refractivity contribution in [1.29, 1.82) is 0 Å². The lowest BCUT2D eigenvalue weighted by molar-refractivity contribution is -0.0391. The molecule has 25 heavy (non-hydrogen) atoms. The summed E-state index contributed by atoms with van der Waals surface area (Å²) in [5, 5.41) is 0. The molecule has 0 bridgehead atoms. The van der Waals surface area contributed by atoms with Gasteiger partial charge < -0.3 is 14.2 Å². The molecule has 3 nitrogen and oxygen atoms in total. The van der Waals surface area contributed by atoms with E-state index in [-0.39, 0.29) is 12.2 Å². The smallest absolute Gasteiger partial charge is 0.161 e. The predicted molar refractivity (Wildman–Crippen MR) is 102 cm³/mol. The Morgan fingerprint density at radius 1 is 0.960 bits per heavy atom. The van der Waals surface area contributed by atoms with Gasteiger partial charge in [-0.2, -0.15) is 0 Å². The Bertz CT molecular complexity index is 774. The molecule has 0 amide bonds. The average molecular weight is 403 g/mol. The van der Waals surface area contributed by atoms with E-state index < -0.39 is 0 Å². The average Bonchev–Trinajstić information content (AvgIpc) is 2.66. The molecule has 4 heteroatoms. The van der Waals surface area contributed by atoms with Crippen LogP contribution in [-0.4, -0.2) is 20.3 Å². The second-order valence-electron chi connectivity index (χ2n) is 6.84. The molecule has 0 N–H and O–H groups in total. The number of methoxy groups -OCH3 is 2. The van der Waals surface area contributed by atoms with Gasteiger partial charge in [-0.15, -0.1) is 0 Å². The molecule has 1 aliphatic heterocycles. The van der Waals surface area contributed by atoms with Gasteiger partial charge in [-0.05, 0) is 53.8 Å². The first-order chi connectivity index (χ1) is 12.2. The Kier molecular flexibility index (Phi) is 4.74. The number of ether oxygens (including phenoxy) is 3. The summed E-state index contributed by atoms with van der Waals surface area (Å²) in [6.45, 7) is 0. The number of hydrogen-bond acceptors (Lipinski definition) is 3. The molecule has 0 radical (unpaired) electrons. The molecule has 1 heterocycles. The molecule has 0 saturated heterocycles. The molecule has 0 unspecified atom stereocenters. The third-order valence-electron chi connectivity index (χ3n) is 5.44. The predicted octanol–water partition coefficient (Wildman–Crippen LogP) is 5.61. The van der Waals surface area contributed by atoms with Gasteiger partial charge in [0.25, 0.3) is 0 Å². The highest BCUT2D eigenvalue weighted by Gasteiger charge is 2.38. The Hall–Kier alpha value is -1.52. The second kappa shape index (κ2) is 7.00. The molecule has 2 aromatic carbocycles. The van der Waals surface area contributed by atoms with Crippen LogP contribution >= 0.6 is 15.9 Å². The van der Waals surface area contributed by atoms with Crippen molar-refractivity contribution < 1.29 is 14.2 Å². The summed E-state index contributed by atoms with van der Waals surface area (Å²) < 4.78 is 18.8. The monoisotopic (exact) mass is 402 g/mol. The molecule has 0 aromatic heterocycles. The molecular formula is C21H23BrO3. The van der Waals surface area contributed by atoms with Crippen LogP contribution in [0.2, 0.25) is 0 Å². The summed E-state index contributed by atoms with van der Waals surface area (Å²) in [5.41, 5.74) is 3.74. The number of fused-ring (bicyclic) bond motifs is 3. The van der Waals surface area contributed by atoms with Crippen LogP contribution in [0.3, 0.4) is 0 Å². The van der Waals surface area contributed by atoms with Gasteiger partial charge in [-0.25, -0.2) is 0 Å². The lowest BCUT2D eigenvalue weighted by Crippen LogP contribution is -2.33. The number of benzene rings is 2. The van der Waals surface area contributed by atoms with E-state index in [1.807, 2.05) is 6.07 Å². The zero-order chi connectivity index (χ0) is 17.4. The third-order valence-corrected chi connectivity index (χ3v) is 5.93. The van der Waals surface area contributed by atoms with Crippen LogP contribution in [-0.2, 0) is 4.74 Å². The fraction of sp³-hybridized carbons (Fsp3) is 0.429. The molecular weight excluding hydrogens is 380 g/mol. The maximum absolute atomic E-state index is 6.61. The van der Waals surface area contributed by atoms with Crippen molar-refractivity contribution in [3.63, 3.8) is 0 Å². The summed E-state index contributed by atoms with van der Waals surface area (Å²) in [7, 11) is 3.39. The SMILES string of the molecule is COc1cc2c(cc1OC)[C@H]1CCCC[C@H]1O[C@@H]2c1cccc(Br)c1. The molecule has 0 spiro atoms. The highest BCUT2D eigenvalue weighted by Crippen LogP contribution is 2.49. The zero-order valence-electron chi connectivity index (χ0n) is 14.6. The minimum absolute atomic E-state index is 0.0633. The van der Waals surface area contributed by atoms with Gasteiger partial charge in [0.1, 0.15) is 6.10 Å². The second-order valence-corrected chi connectivity index (χ2v) is 7.75. The number of rotatable bonds is 3. The van der Waals surface area contributed by atoms with Crippen molar-refractivity contribution in [2.75, 3.05) is 14.2 Å². The van der Waals surface area contributed by atoms with Crippen LogP contribution in [0.1, 0.15) is 54.4 Å². The van der Waals surface area contributed by atoms with Crippen LogP contribution in [0, 0.1) is 0 Å². The van der Waals surface area contributed by atoms with Gasteiger partial charge in [0.05, 0.1) is 20.3 Å². The van der Waals surface area contributed by atoms with Crippen LogP contribution in [0.15, 0.2) is 40.9 Å². The normalized spacial score (nSPS) is 25.0. The van der Waals surface area contributed by atoms with E-state index in [4.69, 9.17) is 14.2 Å². The fourth-order valence-corrected chi connectivity index (χ4v) is 4.67. The van der Waals surface area contributed by atoms with E-state index in [1.165, 1.54) is 36.0 Å². The molecule has 4 rings (SSSR count). The van der Waals surface area contributed by atoms with Gasteiger partial charge in [-0.1, -0.05) is 40.9 Å². The van der Waals surface area contributed by atoms with Gasteiger partial charge in [0, 0.05) is 10.4 Å². The summed E-state index contributed by atoms with van der Waals surface area (Å²) in [6.07, 6.45) is 5.03. The topological polar surface area (TPSA) is 27.7 Å². The van der Waals surface area contributed by atoms with Crippen LogP contribution in [0.4, 0.5) is 0 Å². The molecule has 1 saturated carbocycles. The Morgan fingerprint density at radius 3 is 2.40 bits per heavy atom. The molecule has 2 aromatic rings. The van der Waals surface area contributed by atoms with Gasteiger partial charge in [-0.3, -0.25) is 0 Å².